The van der Waals surface area contributed by atoms with E-state index in [1.807, 2.05) is 18.2 Å². The number of nitrogens with one attached hydrogen (secondary N) is 1. The predicted octanol–water partition coefficient (Wildman–Crippen LogP) is 4.44. The number of aliphatic hydroxyl groups excluding tert-OH is 1. The molecule has 2 nitrogen and oxygen atoms in total. The molecule has 0 amide bonds. The van der Waals surface area contributed by atoms with Gasteiger partial charge in [-0.25, -0.2) is 0 Å². The third kappa shape index (κ3) is 3.14. The topological polar surface area (TPSA) is 32.3 Å². The van der Waals surface area contributed by atoms with Gasteiger partial charge in [-0.2, -0.15) is 0 Å². The van der Waals surface area contributed by atoms with Crippen LogP contribution in [-0.2, 0) is 0 Å². The molecule has 19 heavy (non-hydrogen) atoms. The molecule has 2 atom stereocenters. The van der Waals surface area contributed by atoms with Crippen LogP contribution >= 0.6 is 15.9 Å². The molecule has 0 spiro atoms. The van der Waals surface area contributed by atoms with Crippen molar-refractivity contribution in [3.63, 3.8) is 0 Å². The quantitative estimate of drug-likeness (QED) is 0.861. The average Bonchev–Trinajstić information content (AvgIpc) is 2.35. The number of para-hydroxylation sites is 1. The zero-order valence-electron chi connectivity index (χ0n) is 12.0. The van der Waals surface area contributed by atoms with Crippen molar-refractivity contribution in [2.24, 2.45) is 11.3 Å². The van der Waals surface area contributed by atoms with Crippen LogP contribution in [0.5, 0.6) is 0 Å². The molecule has 0 radical (unpaired) electrons. The van der Waals surface area contributed by atoms with Gasteiger partial charge >= 0.3 is 0 Å². The summed E-state index contributed by atoms with van der Waals surface area (Å²) < 4.78 is 1.06. The summed E-state index contributed by atoms with van der Waals surface area (Å²) in [5, 5.41) is 13.6. The normalized spacial score (nSPS) is 30.1. The molecule has 2 N–H and O–H groups in total. The lowest BCUT2D eigenvalue weighted by atomic mass is 9.64. The summed E-state index contributed by atoms with van der Waals surface area (Å²) >= 11 is 3.57. The Morgan fingerprint density at radius 3 is 2.58 bits per heavy atom. The van der Waals surface area contributed by atoms with E-state index in [-0.39, 0.29) is 12.1 Å². The minimum absolute atomic E-state index is 0.186. The van der Waals surface area contributed by atoms with Crippen molar-refractivity contribution >= 4 is 21.6 Å². The Morgan fingerprint density at radius 2 is 2.00 bits per heavy atom. The number of rotatable bonds is 3. The fourth-order valence-electron chi connectivity index (χ4n) is 3.23. The number of hydrogen-bond donors (Lipinski definition) is 2. The maximum atomic E-state index is 9.96. The minimum Gasteiger partial charge on any atom is -0.394 e. The van der Waals surface area contributed by atoms with Crippen LogP contribution < -0.4 is 5.32 Å². The highest BCUT2D eigenvalue weighted by Gasteiger charge is 2.43. The zero-order valence-corrected chi connectivity index (χ0v) is 13.6. The fourth-order valence-corrected chi connectivity index (χ4v) is 3.61. The van der Waals surface area contributed by atoms with Crippen LogP contribution in [0, 0.1) is 11.3 Å². The maximum Gasteiger partial charge on any atom is 0.0664 e. The van der Waals surface area contributed by atoms with E-state index in [0.29, 0.717) is 11.3 Å². The molecule has 106 valence electrons. The van der Waals surface area contributed by atoms with Crippen LogP contribution in [0.2, 0.25) is 0 Å². The summed E-state index contributed by atoms with van der Waals surface area (Å²) in [4.78, 5) is 0. The summed E-state index contributed by atoms with van der Waals surface area (Å²) in [5.41, 5.74) is 1.26. The molecule has 1 aromatic rings. The Kier molecular flexibility index (Phi) is 4.26. The Hall–Kier alpha value is -0.540. The van der Waals surface area contributed by atoms with Gasteiger partial charge in [-0.1, -0.05) is 32.9 Å². The Bertz CT molecular complexity index is 446. The first-order chi connectivity index (χ1) is 8.88. The first-order valence-corrected chi connectivity index (χ1v) is 7.81. The van der Waals surface area contributed by atoms with Crippen molar-refractivity contribution in [3.8, 4) is 0 Å². The van der Waals surface area contributed by atoms with Gasteiger partial charge in [-0.05, 0) is 58.7 Å². The van der Waals surface area contributed by atoms with E-state index in [1.54, 1.807) is 0 Å². The summed E-state index contributed by atoms with van der Waals surface area (Å²) in [7, 11) is 0. The van der Waals surface area contributed by atoms with Crippen LogP contribution in [0.1, 0.15) is 40.0 Å². The van der Waals surface area contributed by atoms with E-state index in [4.69, 9.17) is 0 Å². The van der Waals surface area contributed by atoms with Gasteiger partial charge in [-0.15, -0.1) is 0 Å². The third-order valence-electron chi connectivity index (χ3n) is 4.59. The lowest BCUT2D eigenvalue weighted by Crippen LogP contribution is -2.52. The molecule has 1 fully saturated rings. The minimum atomic E-state index is -0.195. The molecule has 0 aromatic heterocycles. The standard InChI is InChI=1S/C16H24BrNO/c1-12-10-15(2,3)8-9-16(12,11-19)18-14-7-5-4-6-13(14)17/h4-7,12,18-19H,8-11H2,1-3H3. The predicted molar refractivity (Wildman–Crippen MR) is 84.4 cm³/mol. The molecular weight excluding hydrogens is 302 g/mol. The largest absolute Gasteiger partial charge is 0.394 e. The van der Waals surface area contributed by atoms with Crippen molar-refractivity contribution in [1.82, 2.24) is 0 Å². The van der Waals surface area contributed by atoms with Gasteiger partial charge in [0.1, 0.15) is 0 Å². The Labute approximate surface area is 124 Å². The number of benzene rings is 1. The highest BCUT2D eigenvalue weighted by molar-refractivity contribution is 9.10. The van der Waals surface area contributed by atoms with Gasteiger partial charge in [0.05, 0.1) is 12.1 Å². The lowest BCUT2D eigenvalue weighted by molar-refractivity contribution is 0.0684. The second kappa shape index (κ2) is 5.45. The molecule has 1 saturated carbocycles. The van der Waals surface area contributed by atoms with Crippen molar-refractivity contribution < 1.29 is 5.11 Å². The van der Waals surface area contributed by atoms with Crippen molar-refractivity contribution in [2.45, 2.75) is 45.6 Å². The first-order valence-electron chi connectivity index (χ1n) is 7.02. The SMILES string of the molecule is CC1CC(C)(C)CCC1(CO)Nc1ccccc1Br. The molecule has 0 heterocycles. The summed E-state index contributed by atoms with van der Waals surface area (Å²) in [5.74, 6) is 0.452. The molecule has 2 rings (SSSR count). The molecule has 0 saturated heterocycles. The van der Waals surface area contributed by atoms with Gasteiger partial charge in [0.25, 0.3) is 0 Å². The van der Waals surface area contributed by atoms with E-state index in [2.05, 4.69) is 48.1 Å². The molecule has 3 heteroatoms. The first kappa shape index (κ1) is 14.9. The zero-order chi connectivity index (χ0) is 14.1. The Morgan fingerprint density at radius 1 is 1.32 bits per heavy atom. The van der Waals surface area contributed by atoms with E-state index in [1.165, 1.54) is 0 Å². The van der Waals surface area contributed by atoms with Gasteiger partial charge in [-0.3, -0.25) is 0 Å². The monoisotopic (exact) mass is 325 g/mol. The maximum absolute atomic E-state index is 9.96. The Balaban J connectivity index is 2.22. The summed E-state index contributed by atoms with van der Waals surface area (Å²) in [6, 6.07) is 8.13. The number of halogens is 1. The van der Waals surface area contributed by atoms with E-state index in [0.717, 1.165) is 29.4 Å². The van der Waals surface area contributed by atoms with Crippen LogP contribution in [0.4, 0.5) is 5.69 Å². The van der Waals surface area contributed by atoms with Crippen molar-refractivity contribution in [1.29, 1.82) is 0 Å². The fraction of sp³-hybridized carbons (Fsp3) is 0.625. The summed E-state index contributed by atoms with van der Waals surface area (Å²) in [6.45, 7) is 7.08. The molecular formula is C16H24BrNO. The van der Waals surface area contributed by atoms with Crippen molar-refractivity contribution in [3.05, 3.63) is 28.7 Å². The molecule has 1 aliphatic carbocycles. The van der Waals surface area contributed by atoms with Crippen LogP contribution in [0.3, 0.4) is 0 Å². The number of hydrogen-bond acceptors (Lipinski definition) is 2. The van der Waals surface area contributed by atoms with Crippen molar-refractivity contribution in [2.75, 3.05) is 11.9 Å². The van der Waals surface area contributed by atoms with E-state index < -0.39 is 0 Å². The molecule has 0 bridgehead atoms. The van der Waals surface area contributed by atoms with Gasteiger partial charge in [0.15, 0.2) is 0 Å². The number of aliphatic hydroxyl groups is 1. The van der Waals surface area contributed by atoms with Gasteiger partial charge < -0.3 is 10.4 Å². The number of anilines is 1. The lowest BCUT2D eigenvalue weighted by Gasteiger charge is -2.48. The van der Waals surface area contributed by atoms with E-state index >= 15 is 0 Å². The molecule has 2 unspecified atom stereocenters. The van der Waals surface area contributed by atoms with Crippen LogP contribution in [0.25, 0.3) is 0 Å². The highest BCUT2D eigenvalue weighted by atomic mass is 79.9. The molecule has 1 aromatic carbocycles. The second-order valence-corrected chi connectivity index (χ2v) is 7.54. The van der Waals surface area contributed by atoms with Crippen LogP contribution in [0.15, 0.2) is 28.7 Å². The van der Waals surface area contributed by atoms with E-state index in [9.17, 15) is 5.11 Å². The molecule has 1 aliphatic rings. The van der Waals surface area contributed by atoms with Gasteiger partial charge in [0, 0.05) is 10.2 Å². The average molecular weight is 326 g/mol. The molecule has 0 aliphatic heterocycles. The summed E-state index contributed by atoms with van der Waals surface area (Å²) in [6.07, 6.45) is 3.30. The van der Waals surface area contributed by atoms with Gasteiger partial charge in [0.2, 0.25) is 0 Å². The second-order valence-electron chi connectivity index (χ2n) is 6.69. The smallest absolute Gasteiger partial charge is 0.0664 e. The van der Waals surface area contributed by atoms with Crippen LogP contribution in [-0.4, -0.2) is 17.3 Å². The third-order valence-corrected chi connectivity index (χ3v) is 5.28. The highest BCUT2D eigenvalue weighted by Crippen LogP contribution is 2.45.